The van der Waals surface area contributed by atoms with E-state index in [9.17, 15) is 19.2 Å². The van der Waals surface area contributed by atoms with Gasteiger partial charge in [-0.1, -0.05) is 54.6 Å². The number of amides is 2. The van der Waals surface area contributed by atoms with Gasteiger partial charge in [0.2, 0.25) is 17.6 Å². The van der Waals surface area contributed by atoms with Crippen molar-refractivity contribution in [3.8, 4) is 22.5 Å². The lowest BCUT2D eigenvalue weighted by atomic mass is 9.81. The van der Waals surface area contributed by atoms with E-state index in [1.165, 1.54) is 4.57 Å². The van der Waals surface area contributed by atoms with E-state index < -0.39 is 17.3 Å². The summed E-state index contributed by atoms with van der Waals surface area (Å²) in [5.41, 5.74) is 8.82. The average molecular weight is 648 g/mol. The first kappa shape index (κ1) is 32.3. The van der Waals surface area contributed by atoms with E-state index in [1.54, 1.807) is 42.6 Å². The van der Waals surface area contributed by atoms with E-state index in [1.807, 2.05) is 42.5 Å². The fraction of sp³-hybridized carbons (Fsp3) is 0.286. The van der Waals surface area contributed by atoms with Crippen LogP contribution >= 0.6 is 0 Å². The van der Waals surface area contributed by atoms with E-state index in [2.05, 4.69) is 36.2 Å². The molecule has 0 saturated heterocycles. The Morgan fingerprint density at radius 2 is 1.60 bits per heavy atom. The number of H-pyrrole nitrogens is 2. The molecule has 1 saturated carbocycles. The van der Waals surface area contributed by atoms with Gasteiger partial charge in [0.05, 0.1) is 12.1 Å². The minimum Gasteiger partial charge on any atom is -0.344 e. The van der Waals surface area contributed by atoms with Crippen molar-refractivity contribution in [2.45, 2.75) is 44.7 Å². The lowest BCUT2D eigenvalue weighted by Gasteiger charge is -2.28. The number of aromatic amines is 2. The Bertz CT molecular complexity index is 1950. The van der Waals surface area contributed by atoms with Crippen LogP contribution in [0.3, 0.4) is 0 Å². The van der Waals surface area contributed by atoms with Crippen LogP contribution in [0, 0.1) is 11.8 Å². The predicted octanol–water partition coefficient (Wildman–Crippen LogP) is 2.86. The third-order valence-electron chi connectivity index (χ3n) is 8.85. The maximum atomic E-state index is 13.6. The number of carbonyl (C=O) groups is 2. The summed E-state index contributed by atoms with van der Waals surface area (Å²) in [6, 6.07) is 22.8. The number of rotatable bonds is 11. The summed E-state index contributed by atoms with van der Waals surface area (Å²) in [7, 11) is 0. The average Bonchev–Trinajstić information content (AvgIpc) is 3.66. The zero-order chi connectivity index (χ0) is 33.5. The molecule has 2 aromatic heterocycles. The van der Waals surface area contributed by atoms with Gasteiger partial charge in [-0.15, -0.1) is 10.2 Å². The van der Waals surface area contributed by atoms with Gasteiger partial charge in [0.15, 0.2) is 0 Å². The van der Waals surface area contributed by atoms with Crippen LogP contribution in [0.1, 0.15) is 36.8 Å². The molecular weight excluding hydrogens is 610 g/mol. The number of benzene rings is 3. The molecule has 0 spiro atoms. The number of tetrazole rings is 1. The van der Waals surface area contributed by atoms with Crippen LogP contribution in [-0.2, 0) is 22.6 Å². The molecule has 13 heteroatoms. The van der Waals surface area contributed by atoms with E-state index >= 15 is 0 Å². The van der Waals surface area contributed by atoms with Gasteiger partial charge in [-0.05, 0) is 84.3 Å². The zero-order valence-corrected chi connectivity index (χ0v) is 26.3. The largest absolute Gasteiger partial charge is 0.344 e. The van der Waals surface area contributed by atoms with E-state index in [-0.39, 0.29) is 24.2 Å². The normalized spacial score (nSPS) is 16.6. The molecule has 2 heterocycles. The molecular formula is C35H37N9O4. The highest BCUT2D eigenvalue weighted by molar-refractivity contribution is 5.97. The number of carbonyl (C=O) groups excluding carboxylic acids is 2. The topological polar surface area (TPSA) is 194 Å². The zero-order valence-electron chi connectivity index (χ0n) is 26.3. The summed E-state index contributed by atoms with van der Waals surface area (Å²) in [6.45, 7) is 0.923. The molecule has 6 N–H and O–H groups in total. The summed E-state index contributed by atoms with van der Waals surface area (Å²) >= 11 is 0. The minimum atomic E-state index is -0.858. The highest BCUT2D eigenvalue weighted by Gasteiger charge is 2.29. The van der Waals surface area contributed by atoms with Gasteiger partial charge < -0.3 is 16.4 Å². The van der Waals surface area contributed by atoms with Crippen LogP contribution < -0.4 is 27.6 Å². The van der Waals surface area contributed by atoms with E-state index in [0.29, 0.717) is 41.6 Å². The molecule has 2 amide bonds. The quantitative estimate of drug-likeness (QED) is 0.144. The minimum absolute atomic E-state index is 0.151. The van der Waals surface area contributed by atoms with Crippen molar-refractivity contribution in [2.24, 2.45) is 17.6 Å². The van der Waals surface area contributed by atoms with Crippen molar-refractivity contribution in [2.75, 3.05) is 11.9 Å². The number of anilines is 1. The van der Waals surface area contributed by atoms with Gasteiger partial charge >= 0.3 is 5.69 Å². The monoisotopic (exact) mass is 647 g/mol. The molecule has 1 aliphatic carbocycles. The molecule has 0 bridgehead atoms. The molecule has 0 aliphatic heterocycles. The number of nitrogens with one attached hydrogen (secondary N) is 4. The lowest BCUT2D eigenvalue weighted by Crippen LogP contribution is -2.48. The predicted molar refractivity (Wildman–Crippen MR) is 181 cm³/mol. The first-order valence-electron chi connectivity index (χ1n) is 16.0. The first-order chi connectivity index (χ1) is 23.4. The molecule has 1 fully saturated rings. The van der Waals surface area contributed by atoms with Gasteiger partial charge in [-0.25, -0.2) is 4.79 Å². The standard InChI is InChI=1S/C35H37N9O4/c36-19-23-8-12-27(13-9-23)32(45)38-30(34(47)37-28-16-14-26(15-17-28)31-40-42-43-41-31)18-22-6-10-25(11-7-22)29-21-44(35(48)39-33(29)46)20-24-4-2-1-3-5-24/h1-7,10-11,14-17,21,23,27,30H,8-9,12-13,18-20,36H2,(H,37,47)(H,38,45)(H,39,46,48)(H,40,41,42,43)/t23?,27?,30-/m0/s1. The first-order valence-corrected chi connectivity index (χ1v) is 16.0. The Labute approximate surface area is 276 Å². The Hall–Kier alpha value is -5.69. The summed E-state index contributed by atoms with van der Waals surface area (Å²) in [5.74, 6) is 0.162. The highest BCUT2D eigenvalue weighted by atomic mass is 16.2. The fourth-order valence-electron chi connectivity index (χ4n) is 6.04. The highest BCUT2D eigenvalue weighted by Crippen LogP contribution is 2.28. The summed E-state index contributed by atoms with van der Waals surface area (Å²) in [4.78, 5) is 54.7. The third-order valence-corrected chi connectivity index (χ3v) is 8.85. The van der Waals surface area contributed by atoms with Crippen LogP contribution in [0.4, 0.5) is 5.69 Å². The summed E-state index contributed by atoms with van der Waals surface area (Å²) in [6.07, 6.45) is 5.02. The number of hydrogen-bond donors (Lipinski definition) is 5. The maximum Gasteiger partial charge on any atom is 0.328 e. The number of nitrogens with zero attached hydrogens (tertiary/aromatic N) is 4. The second-order valence-electron chi connectivity index (χ2n) is 12.1. The second kappa shape index (κ2) is 14.8. The molecule has 0 radical (unpaired) electrons. The molecule has 246 valence electrons. The van der Waals surface area contributed by atoms with Gasteiger partial charge in [0, 0.05) is 29.8 Å². The van der Waals surface area contributed by atoms with E-state index in [4.69, 9.17) is 5.73 Å². The van der Waals surface area contributed by atoms with Crippen molar-refractivity contribution >= 4 is 17.5 Å². The molecule has 1 aliphatic rings. The Morgan fingerprint density at radius 3 is 2.27 bits per heavy atom. The summed E-state index contributed by atoms with van der Waals surface area (Å²) < 4.78 is 1.46. The third kappa shape index (κ3) is 7.81. The SMILES string of the molecule is NCC1CCC(C(=O)N[C@@H](Cc2ccc(-c3cn(Cc4ccccc4)c(=O)[nH]c3=O)cc2)C(=O)Nc2ccc(-c3nn[nH]n3)cc2)CC1. The number of nitrogens with two attached hydrogens (primary N) is 1. The Balaban J connectivity index is 1.19. The van der Waals surface area contributed by atoms with Crippen LogP contribution in [0.15, 0.2) is 94.6 Å². The van der Waals surface area contributed by atoms with Gasteiger partial charge in [0.1, 0.15) is 6.04 Å². The van der Waals surface area contributed by atoms with Gasteiger partial charge in [-0.2, -0.15) is 5.21 Å². The van der Waals surface area contributed by atoms with Crippen molar-refractivity contribution in [3.63, 3.8) is 0 Å². The Kier molecular flexibility index (Phi) is 9.96. The Morgan fingerprint density at radius 1 is 0.896 bits per heavy atom. The van der Waals surface area contributed by atoms with Crippen molar-refractivity contribution in [3.05, 3.63) is 117 Å². The van der Waals surface area contributed by atoms with Crippen molar-refractivity contribution in [1.29, 1.82) is 0 Å². The smallest absolute Gasteiger partial charge is 0.328 e. The van der Waals surface area contributed by atoms with Gasteiger partial charge in [0.25, 0.3) is 5.56 Å². The maximum absolute atomic E-state index is 13.6. The second-order valence-corrected chi connectivity index (χ2v) is 12.1. The molecule has 0 unspecified atom stereocenters. The summed E-state index contributed by atoms with van der Waals surface area (Å²) in [5, 5.41) is 19.9. The molecule has 48 heavy (non-hydrogen) atoms. The lowest BCUT2D eigenvalue weighted by molar-refractivity contribution is -0.130. The van der Waals surface area contributed by atoms with Crippen molar-refractivity contribution < 1.29 is 9.59 Å². The molecule has 13 nitrogen and oxygen atoms in total. The van der Waals surface area contributed by atoms with Crippen LogP contribution in [-0.4, -0.2) is 54.6 Å². The molecule has 1 atom stereocenters. The van der Waals surface area contributed by atoms with Crippen LogP contribution in [0.25, 0.3) is 22.5 Å². The molecule has 3 aromatic carbocycles. The molecule has 6 rings (SSSR count). The number of hydrogen-bond acceptors (Lipinski definition) is 8. The molecule has 5 aromatic rings. The van der Waals surface area contributed by atoms with E-state index in [0.717, 1.165) is 42.4 Å². The van der Waals surface area contributed by atoms with Gasteiger partial charge in [-0.3, -0.25) is 23.9 Å². The number of aromatic nitrogens is 6. The van der Waals surface area contributed by atoms with Crippen LogP contribution in [0.2, 0.25) is 0 Å². The van der Waals surface area contributed by atoms with Crippen LogP contribution in [0.5, 0.6) is 0 Å². The van der Waals surface area contributed by atoms with Crippen molar-refractivity contribution in [1.82, 2.24) is 35.5 Å². The fourth-order valence-corrected chi connectivity index (χ4v) is 6.04.